The smallest absolute Gasteiger partial charge is 0.279 e. The van der Waals surface area contributed by atoms with Crippen molar-refractivity contribution in [2.45, 2.75) is 13.1 Å². The molecule has 0 radical (unpaired) electrons. The summed E-state index contributed by atoms with van der Waals surface area (Å²) in [6.07, 6.45) is 0. The largest absolute Gasteiger partial charge is 0.491 e. The lowest BCUT2D eigenvalue weighted by Gasteiger charge is -2.19. The highest BCUT2D eigenvalue weighted by atomic mass is 35.5. The lowest BCUT2D eigenvalue weighted by molar-refractivity contribution is 0.146. The maximum Gasteiger partial charge on any atom is 0.279 e. The van der Waals surface area contributed by atoms with Crippen LogP contribution in [0, 0.1) is 5.82 Å². The van der Waals surface area contributed by atoms with E-state index in [2.05, 4.69) is 4.72 Å². The molecule has 0 aliphatic rings. The first kappa shape index (κ1) is 21.6. The molecule has 0 spiro atoms. The van der Waals surface area contributed by atoms with Gasteiger partial charge in [-0.15, -0.1) is 0 Å². The lowest BCUT2D eigenvalue weighted by atomic mass is 10.2. The minimum absolute atomic E-state index is 0.0933. The molecule has 2 rings (SSSR count). The summed E-state index contributed by atoms with van der Waals surface area (Å²) in [6, 6.07) is 11.3. The Balaban J connectivity index is 1.93. The normalized spacial score (nSPS) is 11.7. The summed E-state index contributed by atoms with van der Waals surface area (Å²) in [5.41, 5.74) is 0.889. The van der Waals surface area contributed by atoms with Gasteiger partial charge >= 0.3 is 0 Å². The molecule has 148 valence electrons. The number of nitrogens with zero attached hydrogens (tertiary/aromatic N) is 1. The standard InChI is InChI=1S/C18H22ClFN2O4S/c1-22(13-16-17(19)4-3-5-18(16)20)27(23,24)21-12-14-6-8-15(9-7-14)26-11-10-25-2/h3-9,21H,10-13H2,1-2H3. The highest BCUT2D eigenvalue weighted by molar-refractivity contribution is 7.87. The molecule has 0 fully saturated rings. The molecule has 0 saturated heterocycles. The summed E-state index contributed by atoms with van der Waals surface area (Å²) in [5, 5.41) is 0.182. The van der Waals surface area contributed by atoms with Gasteiger partial charge in [0.2, 0.25) is 0 Å². The Morgan fingerprint density at radius 2 is 1.85 bits per heavy atom. The fourth-order valence-corrected chi connectivity index (χ4v) is 3.31. The summed E-state index contributed by atoms with van der Waals surface area (Å²) in [6.45, 7) is 0.842. The lowest BCUT2D eigenvalue weighted by Crippen LogP contribution is -2.37. The van der Waals surface area contributed by atoms with Crippen LogP contribution in [-0.2, 0) is 28.0 Å². The Labute approximate surface area is 164 Å². The van der Waals surface area contributed by atoms with Crippen LogP contribution in [0.15, 0.2) is 42.5 Å². The Kier molecular flexibility index (Phi) is 8.00. The van der Waals surface area contributed by atoms with E-state index in [0.29, 0.717) is 19.0 Å². The zero-order chi connectivity index (χ0) is 19.9. The van der Waals surface area contributed by atoms with Gasteiger partial charge in [-0.05, 0) is 29.8 Å². The minimum atomic E-state index is -3.81. The molecule has 9 heteroatoms. The quantitative estimate of drug-likeness (QED) is 0.604. The summed E-state index contributed by atoms with van der Waals surface area (Å²) in [7, 11) is -0.856. The van der Waals surface area contributed by atoms with Crippen molar-refractivity contribution in [1.29, 1.82) is 0 Å². The second kappa shape index (κ2) is 10.0. The Bertz CT molecular complexity index is 827. The topological polar surface area (TPSA) is 67.9 Å². The van der Waals surface area contributed by atoms with E-state index in [1.54, 1.807) is 31.4 Å². The first-order valence-corrected chi connectivity index (χ1v) is 10.00. The molecule has 0 saturated carbocycles. The Hall–Kier alpha value is -1.71. The van der Waals surface area contributed by atoms with Crippen molar-refractivity contribution in [2.24, 2.45) is 0 Å². The second-order valence-corrected chi connectivity index (χ2v) is 8.04. The fourth-order valence-electron chi connectivity index (χ4n) is 2.22. The Morgan fingerprint density at radius 1 is 1.15 bits per heavy atom. The zero-order valence-electron chi connectivity index (χ0n) is 15.1. The molecule has 0 unspecified atom stereocenters. The van der Waals surface area contributed by atoms with E-state index in [9.17, 15) is 12.8 Å². The van der Waals surface area contributed by atoms with Crippen molar-refractivity contribution in [2.75, 3.05) is 27.4 Å². The van der Waals surface area contributed by atoms with E-state index >= 15 is 0 Å². The minimum Gasteiger partial charge on any atom is -0.491 e. The average molecular weight is 417 g/mol. The van der Waals surface area contributed by atoms with Gasteiger partial charge < -0.3 is 9.47 Å². The molecule has 0 aliphatic heterocycles. The molecule has 0 heterocycles. The molecule has 2 aromatic carbocycles. The SMILES string of the molecule is COCCOc1ccc(CNS(=O)(=O)N(C)Cc2c(F)cccc2Cl)cc1. The summed E-state index contributed by atoms with van der Waals surface area (Å²) < 4.78 is 52.5. The second-order valence-electron chi connectivity index (χ2n) is 5.77. The van der Waals surface area contributed by atoms with Gasteiger partial charge in [-0.3, -0.25) is 0 Å². The molecule has 0 atom stereocenters. The van der Waals surface area contributed by atoms with E-state index in [1.165, 1.54) is 25.2 Å². The van der Waals surface area contributed by atoms with E-state index in [1.807, 2.05) is 0 Å². The van der Waals surface area contributed by atoms with Gasteiger partial charge in [0, 0.05) is 37.8 Å². The molecule has 0 aliphatic carbocycles. The number of rotatable bonds is 10. The van der Waals surface area contributed by atoms with Crippen LogP contribution in [0.2, 0.25) is 5.02 Å². The van der Waals surface area contributed by atoms with E-state index < -0.39 is 16.0 Å². The van der Waals surface area contributed by atoms with Gasteiger partial charge in [0.25, 0.3) is 10.2 Å². The van der Waals surface area contributed by atoms with Crippen LogP contribution in [0.4, 0.5) is 4.39 Å². The average Bonchev–Trinajstić information content (AvgIpc) is 2.64. The number of hydrogen-bond donors (Lipinski definition) is 1. The number of nitrogens with one attached hydrogen (secondary N) is 1. The van der Waals surface area contributed by atoms with E-state index in [0.717, 1.165) is 9.87 Å². The third-order valence-corrected chi connectivity index (χ3v) is 5.60. The van der Waals surface area contributed by atoms with Crippen LogP contribution in [0.25, 0.3) is 0 Å². The number of ether oxygens (including phenoxy) is 2. The van der Waals surface area contributed by atoms with Crippen LogP contribution in [0.5, 0.6) is 5.75 Å². The molecule has 0 amide bonds. The van der Waals surface area contributed by atoms with E-state index in [-0.39, 0.29) is 23.7 Å². The third-order valence-electron chi connectivity index (χ3n) is 3.79. The maximum atomic E-state index is 13.9. The molecule has 0 bridgehead atoms. The fraction of sp³-hybridized carbons (Fsp3) is 0.333. The molecular formula is C18H22ClFN2O4S. The van der Waals surface area contributed by atoms with Gasteiger partial charge in [0.05, 0.1) is 6.61 Å². The van der Waals surface area contributed by atoms with Gasteiger partial charge in [-0.1, -0.05) is 29.8 Å². The first-order valence-electron chi connectivity index (χ1n) is 8.18. The molecular weight excluding hydrogens is 395 g/mol. The molecule has 6 nitrogen and oxygen atoms in total. The monoisotopic (exact) mass is 416 g/mol. The maximum absolute atomic E-state index is 13.9. The molecule has 2 aromatic rings. The van der Waals surface area contributed by atoms with Crippen LogP contribution in [-0.4, -0.2) is 40.1 Å². The number of halogens is 2. The van der Waals surface area contributed by atoms with Gasteiger partial charge in [-0.2, -0.15) is 17.4 Å². The highest BCUT2D eigenvalue weighted by Gasteiger charge is 2.20. The number of benzene rings is 2. The molecule has 27 heavy (non-hydrogen) atoms. The number of hydrogen-bond acceptors (Lipinski definition) is 4. The van der Waals surface area contributed by atoms with Crippen molar-refractivity contribution in [1.82, 2.24) is 9.03 Å². The predicted octanol–water partition coefficient (Wildman–Crippen LogP) is 2.97. The van der Waals surface area contributed by atoms with Crippen molar-refractivity contribution in [3.63, 3.8) is 0 Å². The Morgan fingerprint density at radius 3 is 2.48 bits per heavy atom. The van der Waals surface area contributed by atoms with Gasteiger partial charge in [0.1, 0.15) is 18.2 Å². The zero-order valence-corrected chi connectivity index (χ0v) is 16.7. The summed E-state index contributed by atoms with van der Waals surface area (Å²) in [4.78, 5) is 0. The van der Waals surface area contributed by atoms with Crippen LogP contribution < -0.4 is 9.46 Å². The van der Waals surface area contributed by atoms with Crippen molar-refractivity contribution < 1.29 is 22.3 Å². The van der Waals surface area contributed by atoms with Crippen LogP contribution >= 0.6 is 11.6 Å². The van der Waals surface area contributed by atoms with Gasteiger partial charge in [-0.25, -0.2) is 4.39 Å². The third kappa shape index (κ3) is 6.44. The van der Waals surface area contributed by atoms with Crippen LogP contribution in [0.3, 0.4) is 0 Å². The summed E-state index contributed by atoms with van der Waals surface area (Å²) in [5.74, 6) is 0.124. The molecule has 1 N–H and O–H groups in total. The van der Waals surface area contributed by atoms with Gasteiger partial charge in [0.15, 0.2) is 0 Å². The first-order chi connectivity index (χ1) is 12.8. The van der Waals surface area contributed by atoms with Crippen molar-refractivity contribution in [3.05, 3.63) is 64.4 Å². The number of methoxy groups -OCH3 is 1. The summed E-state index contributed by atoms with van der Waals surface area (Å²) >= 11 is 5.96. The van der Waals surface area contributed by atoms with E-state index in [4.69, 9.17) is 21.1 Å². The molecule has 0 aromatic heterocycles. The van der Waals surface area contributed by atoms with Crippen LogP contribution in [0.1, 0.15) is 11.1 Å². The van der Waals surface area contributed by atoms with Crippen molar-refractivity contribution >= 4 is 21.8 Å². The van der Waals surface area contributed by atoms with Crippen molar-refractivity contribution in [3.8, 4) is 5.75 Å². The predicted molar refractivity (Wildman–Crippen MR) is 102 cm³/mol. The highest BCUT2D eigenvalue weighted by Crippen LogP contribution is 2.21.